The van der Waals surface area contributed by atoms with E-state index < -0.39 is 0 Å². The number of anilines is 2. The summed E-state index contributed by atoms with van der Waals surface area (Å²) in [5.74, 6) is 0. The molecule has 2 heteroatoms. The van der Waals surface area contributed by atoms with Crippen LogP contribution in [0.15, 0.2) is 143 Å². The van der Waals surface area contributed by atoms with Gasteiger partial charge in [-0.3, -0.25) is 0 Å². The second kappa shape index (κ2) is 20.5. The molecule has 0 aliphatic heterocycles. The number of hydrogen-bond donors (Lipinski definition) is 0. The highest BCUT2D eigenvalue weighted by atomic mass is 15.2. The van der Waals surface area contributed by atoms with Gasteiger partial charge in [-0.25, -0.2) is 0 Å². The van der Waals surface area contributed by atoms with Crippen LogP contribution in [0.1, 0.15) is 111 Å². The monoisotopic (exact) mass is 657 g/mol. The largest absolute Gasteiger partial charge is 0.339 e. The fourth-order valence-corrected chi connectivity index (χ4v) is 6.63. The molecule has 1 atom stereocenters. The van der Waals surface area contributed by atoms with Crippen molar-refractivity contribution in [3.8, 4) is 0 Å². The van der Waals surface area contributed by atoms with Gasteiger partial charge in [0.15, 0.2) is 0 Å². The van der Waals surface area contributed by atoms with E-state index in [1.807, 2.05) is 6.08 Å². The smallest absolute Gasteiger partial charge is 0.0416 e. The van der Waals surface area contributed by atoms with Gasteiger partial charge in [0.05, 0.1) is 0 Å². The van der Waals surface area contributed by atoms with Crippen LogP contribution in [0.2, 0.25) is 0 Å². The number of aryl methyl sites for hydroxylation is 2. The SMILES string of the molecule is C=CCC.CC/C1=C/CCC(C)=C(N(c2cccc(C)c2)[C@H]2CCC=C(C)C2)C=C1.CC1=CCC=CC(N(c2cccc(C)c2)C(C)C)=C1. The lowest BCUT2D eigenvalue weighted by atomic mass is 9.92. The van der Waals surface area contributed by atoms with Crippen molar-refractivity contribution in [2.45, 2.75) is 126 Å². The maximum atomic E-state index is 3.48. The summed E-state index contributed by atoms with van der Waals surface area (Å²) in [6.45, 7) is 23.4. The molecule has 0 aromatic heterocycles. The lowest BCUT2D eigenvalue weighted by Gasteiger charge is -2.38. The Morgan fingerprint density at radius 1 is 0.837 bits per heavy atom. The molecule has 3 aliphatic carbocycles. The van der Waals surface area contributed by atoms with E-state index in [1.54, 1.807) is 0 Å². The van der Waals surface area contributed by atoms with Crippen LogP contribution >= 0.6 is 0 Å². The van der Waals surface area contributed by atoms with E-state index in [0.29, 0.717) is 12.1 Å². The molecule has 0 heterocycles. The average Bonchev–Trinajstić information content (AvgIpc) is 3.28. The highest BCUT2D eigenvalue weighted by Gasteiger charge is 2.25. The number of nitrogens with zero attached hydrogens (tertiary/aromatic N) is 2. The van der Waals surface area contributed by atoms with E-state index in [2.05, 4.69) is 176 Å². The summed E-state index contributed by atoms with van der Waals surface area (Å²) in [4.78, 5) is 5.03. The van der Waals surface area contributed by atoms with Crippen LogP contribution in [0.4, 0.5) is 11.4 Å². The predicted octanol–water partition coefficient (Wildman–Crippen LogP) is 13.8. The minimum atomic E-state index is 0.434. The van der Waals surface area contributed by atoms with E-state index in [0.717, 1.165) is 38.5 Å². The maximum Gasteiger partial charge on any atom is 0.0416 e. The third-order valence-electron chi connectivity index (χ3n) is 9.28. The zero-order valence-corrected chi connectivity index (χ0v) is 32.2. The molecule has 262 valence electrons. The minimum absolute atomic E-state index is 0.434. The van der Waals surface area contributed by atoms with Crippen molar-refractivity contribution in [1.82, 2.24) is 0 Å². The summed E-state index contributed by atoms with van der Waals surface area (Å²) >= 11 is 0. The molecule has 2 nitrogen and oxygen atoms in total. The molecule has 0 saturated carbocycles. The Balaban J connectivity index is 0.000000249. The van der Waals surface area contributed by atoms with Crippen LogP contribution in [-0.4, -0.2) is 12.1 Å². The van der Waals surface area contributed by atoms with Crippen molar-refractivity contribution in [1.29, 1.82) is 0 Å². The number of hydrogen-bond acceptors (Lipinski definition) is 2. The van der Waals surface area contributed by atoms with Crippen molar-refractivity contribution >= 4 is 11.4 Å². The van der Waals surface area contributed by atoms with E-state index in [9.17, 15) is 0 Å². The number of allylic oxidation sites excluding steroid dienone is 12. The van der Waals surface area contributed by atoms with E-state index >= 15 is 0 Å². The molecule has 0 N–H and O–H groups in total. The molecule has 49 heavy (non-hydrogen) atoms. The van der Waals surface area contributed by atoms with Crippen LogP contribution in [0, 0.1) is 13.8 Å². The Hall–Kier alpha value is -4.04. The fraction of sp³-hybridized carbons (Fsp3) is 0.404. The molecular formula is C47H64N2. The topological polar surface area (TPSA) is 6.48 Å². The lowest BCUT2D eigenvalue weighted by Crippen LogP contribution is -2.36. The van der Waals surface area contributed by atoms with Gasteiger partial charge >= 0.3 is 0 Å². The van der Waals surface area contributed by atoms with Crippen LogP contribution in [-0.2, 0) is 0 Å². The molecule has 0 bridgehead atoms. The second-order valence-corrected chi connectivity index (χ2v) is 14.0. The number of benzene rings is 2. The first-order valence-electron chi connectivity index (χ1n) is 18.7. The molecule has 0 spiro atoms. The molecule has 0 radical (unpaired) electrons. The van der Waals surface area contributed by atoms with E-state index in [4.69, 9.17) is 0 Å². The standard InChI is InChI=1S/C25H33N.C18H23N.C4H8/c1-5-22-12-8-11-21(4)25(16-15-22)26(23-13-6-9-19(2)17-23)24-14-7-10-20(3)18-24;1-14(2)19(18-11-7-9-16(4)13-18)17-10-6-5-8-15(3)12-17;1-3-4-2/h6,9-10,12-13,15-17,24H,5,7-8,11,14,18H2,1-4H3;6-14H,5H2,1-4H3;3H,1,4H2,2H3/b16-15?,22-12-,25-21?;;/t24-;;/m0../s1. The van der Waals surface area contributed by atoms with Gasteiger partial charge in [-0.05, 0) is 159 Å². The molecule has 5 rings (SSSR count). The Morgan fingerprint density at radius 2 is 1.51 bits per heavy atom. The van der Waals surface area contributed by atoms with Crippen LogP contribution in [0.5, 0.6) is 0 Å². The second-order valence-electron chi connectivity index (χ2n) is 14.0. The molecule has 3 aliphatic rings. The number of rotatable bonds is 8. The van der Waals surface area contributed by atoms with Gasteiger partial charge in [-0.15, -0.1) is 6.58 Å². The summed E-state index contributed by atoms with van der Waals surface area (Å²) in [6.07, 6.45) is 29.5. The molecule has 0 unspecified atom stereocenters. The first-order valence-corrected chi connectivity index (χ1v) is 18.7. The molecule has 2 aromatic rings. The van der Waals surface area contributed by atoms with E-state index in [-0.39, 0.29) is 0 Å². The van der Waals surface area contributed by atoms with Gasteiger partial charge in [0.1, 0.15) is 0 Å². The van der Waals surface area contributed by atoms with Crippen molar-refractivity contribution < 1.29 is 0 Å². The fourth-order valence-electron chi connectivity index (χ4n) is 6.63. The van der Waals surface area contributed by atoms with Gasteiger partial charge in [0.25, 0.3) is 0 Å². The molecule has 0 fully saturated rings. The zero-order valence-electron chi connectivity index (χ0n) is 32.2. The molecule has 0 amide bonds. The van der Waals surface area contributed by atoms with E-state index in [1.165, 1.54) is 69.0 Å². The predicted molar refractivity (Wildman–Crippen MR) is 219 cm³/mol. The Morgan fingerprint density at radius 3 is 2.12 bits per heavy atom. The quantitative estimate of drug-likeness (QED) is 0.261. The normalized spacial score (nSPS) is 18.5. The first-order chi connectivity index (χ1) is 23.6. The maximum absolute atomic E-state index is 3.48. The summed E-state index contributed by atoms with van der Waals surface area (Å²) in [5, 5.41) is 0. The third kappa shape index (κ3) is 12.4. The van der Waals surface area contributed by atoms with Gasteiger partial charge in [-0.1, -0.05) is 91.3 Å². The highest BCUT2D eigenvalue weighted by molar-refractivity contribution is 5.60. The Labute approximate surface area is 300 Å². The zero-order chi connectivity index (χ0) is 35.8. The van der Waals surface area contributed by atoms with Crippen molar-refractivity contribution in [3.63, 3.8) is 0 Å². The van der Waals surface area contributed by atoms with Crippen molar-refractivity contribution in [2.24, 2.45) is 0 Å². The Kier molecular flexibility index (Phi) is 16.5. The van der Waals surface area contributed by atoms with Gasteiger partial charge in [-0.2, -0.15) is 0 Å². The van der Waals surface area contributed by atoms with Crippen molar-refractivity contribution in [2.75, 3.05) is 9.80 Å². The molecule has 2 aromatic carbocycles. The molecule has 0 saturated heterocycles. The van der Waals surface area contributed by atoms with Crippen LogP contribution < -0.4 is 9.80 Å². The summed E-state index contributed by atoms with van der Waals surface area (Å²) in [5.41, 5.74) is 13.7. The van der Waals surface area contributed by atoms with Gasteiger partial charge in [0.2, 0.25) is 0 Å². The van der Waals surface area contributed by atoms with Crippen LogP contribution in [0.3, 0.4) is 0 Å². The summed E-state index contributed by atoms with van der Waals surface area (Å²) < 4.78 is 0. The Bertz CT molecular complexity index is 1590. The average molecular weight is 657 g/mol. The first kappa shape index (κ1) is 39.4. The third-order valence-corrected chi connectivity index (χ3v) is 9.28. The van der Waals surface area contributed by atoms with Crippen molar-refractivity contribution in [3.05, 3.63) is 155 Å². The van der Waals surface area contributed by atoms with Gasteiger partial charge < -0.3 is 9.80 Å². The van der Waals surface area contributed by atoms with Crippen LogP contribution in [0.25, 0.3) is 0 Å². The highest BCUT2D eigenvalue weighted by Crippen LogP contribution is 2.34. The summed E-state index contributed by atoms with van der Waals surface area (Å²) in [6, 6.07) is 18.7. The molecular weight excluding hydrogens is 593 g/mol. The minimum Gasteiger partial charge on any atom is -0.339 e. The lowest BCUT2D eigenvalue weighted by molar-refractivity contribution is 0.559. The van der Waals surface area contributed by atoms with Gasteiger partial charge in [0, 0.05) is 34.9 Å². The summed E-state index contributed by atoms with van der Waals surface area (Å²) in [7, 11) is 0.